The molecule has 1 aromatic heterocycles. The van der Waals surface area contributed by atoms with E-state index in [2.05, 4.69) is 15.8 Å². The van der Waals surface area contributed by atoms with Crippen molar-refractivity contribution in [2.24, 2.45) is 5.92 Å². The van der Waals surface area contributed by atoms with Crippen molar-refractivity contribution in [3.8, 4) is 0 Å². The van der Waals surface area contributed by atoms with Gasteiger partial charge in [-0.15, -0.1) is 0 Å². The van der Waals surface area contributed by atoms with Crippen molar-refractivity contribution in [1.82, 2.24) is 15.8 Å². The zero-order chi connectivity index (χ0) is 11.4. The fourth-order valence-corrected chi connectivity index (χ4v) is 1.88. The Balaban J connectivity index is 1.79. The van der Waals surface area contributed by atoms with Crippen LogP contribution in [0.1, 0.15) is 29.1 Å². The van der Waals surface area contributed by atoms with Gasteiger partial charge >= 0.3 is 0 Å². The van der Waals surface area contributed by atoms with Gasteiger partial charge in [-0.1, -0.05) is 5.16 Å². The van der Waals surface area contributed by atoms with E-state index in [0.717, 1.165) is 38.2 Å². The fourth-order valence-electron chi connectivity index (χ4n) is 1.88. The second-order valence-electron chi connectivity index (χ2n) is 4.24. The molecule has 0 saturated carbocycles. The normalized spacial score (nSPS) is 17.3. The summed E-state index contributed by atoms with van der Waals surface area (Å²) in [7, 11) is 0. The molecule has 1 amide bonds. The van der Waals surface area contributed by atoms with E-state index in [1.165, 1.54) is 0 Å². The highest BCUT2D eigenvalue weighted by molar-refractivity contribution is 5.91. The summed E-state index contributed by atoms with van der Waals surface area (Å²) in [6.45, 7) is 4.61. The highest BCUT2D eigenvalue weighted by Crippen LogP contribution is 2.10. The van der Waals surface area contributed by atoms with Gasteiger partial charge in [-0.05, 0) is 38.8 Å². The van der Waals surface area contributed by atoms with E-state index < -0.39 is 0 Å². The molecular formula is C11H17N3O2. The Morgan fingerprint density at radius 1 is 1.62 bits per heavy atom. The Hall–Kier alpha value is -1.36. The maximum atomic E-state index is 11.6. The molecule has 88 valence electrons. The Morgan fingerprint density at radius 3 is 3.00 bits per heavy atom. The number of nitrogens with zero attached hydrogens (tertiary/aromatic N) is 1. The zero-order valence-corrected chi connectivity index (χ0v) is 9.45. The molecule has 0 atom stereocenters. The van der Waals surface area contributed by atoms with Crippen LogP contribution in [-0.4, -0.2) is 30.7 Å². The first-order valence-corrected chi connectivity index (χ1v) is 5.68. The number of carbonyl (C=O) groups is 1. The van der Waals surface area contributed by atoms with Crippen LogP contribution < -0.4 is 10.6 Å². The molecule has 16 heavy (non-hydrogen) atoms. The number of hydrogen-bond donors (Lipinski definition) is 2. The molecule has 2 N–H and O–H groups in total. The first-order chi connectivity index (χ1) is 7.75. The van der Waals surface area contributed by atoms with E-state index >= 15 is 0 Å². The predicted molar refractivity (Wildman–Crippen MR) is 59.2 cm³/mol. The van der Waals surface area contributed by atoms with Crippen molar-refractivity contribution in [1.29, 1.82) is 0 Å². The van der Waals surface area contributed by atoms with Gasteiger partial charge in [-0.25, -0.2) is 0 Å². The Bertz CT molecular complexity index is 356. The summed E-state index contributed by atoms with van der Waals surface area (Å²) in [5.41, 5.74) is 0.729. The third-order valence-corrected chi connectivity index (χ3v) is 2.86. The molecular weight excluding hydrogens is 206 g/mol. The lowest BCUT2D eigenvalue weighted by Gasteiger charge is -2.22. The fraction of sp³-hybridized carbons (Fsp3) is 0.636. The summed E-state index contributed by atoms with van der Waals surface area (Å²) < 4.78 is 4.89. The van der Waals surface area contributed by atoms with E-state index in [4.69, 9.17) is 4.52 Å². The van der Waals surface area contributed by atoms with E-state index in [-0.39, 0.29) is 5.91 Å². The van der Waals surface area contributed by atoms with Crippen LogP contribution in [0, 0.1) is 12.8 Å². The Morgan fingerprint density at radius 2 is 2.38 bits per heavy atom. The second-order valence-corrected chi connectivity index (χ2v) is 4.24. The molecule has 5 heteroatoms. The third-order valence-electron chi connectivity index (χ3n) is 2.86. The van der Waals surface area contributed by atoms with Crippen molar-refractivity contribution in [3.63, 3.8) is 0 Å². The summed E-state index contributed by atoms with van der Waals surface area (Å²) in [6, 6.07) is 1.65. The van der Waals surface area contributed by atoms with Crippen LogP contribution in [0.3, 0.4) is 0 Å². The summed E-state index contributed by atoms with van der Waals surface area (Å²) in [5.74, 6) is 0.708. The maximum absolute atomic E-state index is 11.6. The van der Waals surface area contributed by atoms with Crippen LogP contribution in [0.25, 0.3) is 0 Å². The number of hydrogen-bond acceptors (Lipinski definition) is 4. The topological polar surface area (TPSA) is 67.2 Å². The highest BCUT2D eigenvalue weighted by atomic mass is 16.5. The quantitative estimate of drug-likeness (QED) is 0.792. The van der Waals surface area contributed by atoms with Crippen LogP contribution in [0.15, 0.2) is 10.6 Å². The number of amides is 1. The minimum absolute atomic E-state index is 0.167. The molecule has 0 unspecified atom stereocenters. The zero-order valence-electron chi connectivity index (χ0n) is 9.45. The Kier molecular flexibility index (Phi) is 3.56. The number of aromatic nitrogens is 1. The molecule has 1 saturated heterocycles. The van der Waals surface area contributed by atoms with Crippen molar-refractivity contribution < 1.29 is 9.32 Å². The SMILES string of the molecule is Cc1cc(C(=O)NCC2CCNCC2)on1. The van der Waals surface area contributed by atoms with Gasteiger partial charge in [0.15, 0.2) is 0 Å². The van der Waals surface area contributed by atoms with E-state index in [0.29, 0.717) is 11.7 Å². The lowest BCUT2D eigenvalue weighted by Crippen LogP contribution is -2.35. The third kappa shape index (κ3) is 2.82. The summed E-state index contributed by atoms with van der Waals surface area (Å²) in [5, 5.41) is 9.86. The van der Waals surface area contributed by atoms with Gasteiger partial charge in [0.25, 0.3) is 5.91 Å². The molecule has 0 aromatic carbocycles. The number of nitrogens with one attached hydrogen (secondary N) is 2. The maximum Gasteiger partial charge on any atom is 0.289 e. The van der Waals surface area contributed by atoms with Crippen LogP contribution >= 0.6 is 0 Å². The van der Waals surface area contributed by atoms with Crippen LogP contribution in [0.4, 0.5) is 0 Å². The lowest BCUT2D eigenvalue weighted by atomic mass is 9.98. The van der Waals surface area contributed by atoms with Gasteiger partial charge in [0.1, 0.15) is 0 Å². The number of carbonyl (C=O) groups excluding carboxylic acids is 1. The van der Waals surface area contributed by atoms with Crippen LogP contribution in [-0.2, 0) is 0 Å². The largest absolute Gasteiger partial charge is 0.351 e. The first-order valence-electron chi connectivity index (χ1n) is 5.68. The molecule has 1 aromatic rings. The van der Waals surface area contributed by atoms with E-state index in [1.807, 2.05) is 0 Å². The van der Waals surface area contributed by atoms with Crippen molar-refractivity contribution >= 4 is 5.91 Å². The summed E-state index contributed by atoms with van der Waals surface area (Å²) in [6.07, 6.45) is 2.24. The van der Waals surface area contributed by atoms with E-state index in [1.54, 1.807) is 13.0 Å². The van der Waals surface area contributed by atoms with Crippen molar-refractivity contribution in [3.05, 3.63) is 17.5 Å². The summed E-state index contributed by atoms with van der Waals surface area (Å²) >= 11 is 0. The highest BCUT2D eigenvalue weighted by Gasteiger charge is 2.16. The molecule has 0 bridgehead atoms. The monoisotopic (exact) mass is 223 g/mol. The molecule has 0 radical (unpaired) electrons. The molecule has 0 spiro atoms. The number of rotatable bonds is 3. The predicted octanol–water partition coefficient (Wildman–Crippen LogP) is 0.712. The molecule has 2 rings (SSSR count). The van der Waals surface area contributed by atoms with E-state index in [9.17, 15) is 4.79 Å². The molecule has 1 aliphatic rings. The average molecular weight is 223 g/mol. The summed E-state index contributed by atoms with van der Waals surface area (Å²) in [4.78, 5) is 11.6. The van der Waals surface area contributed by atoms with Crippen molar-refractivity contribution in [2.45, 2.75) is 19.8 Å². The number of piperidine rings is 1. The first kappa shape index (κ1) is 11.1. The Labute approximate surface area is 94.6 Å². The standard InChI is InChI=1S/C11H17N3O2/c1-8-6-10(16-14-8)11(15)13-7-9-2-4-12-5-3-9/h6,9,12H,2-5,7H2,1H3,(H,13,15). The molecule has 1 fully saturated rings. The van der Waals surface area contributed by atoms with Gasteiger partial charge < -0.3 is 15.2 Å². The molecule has 1 aliphatic heterocycles. The molecule has 0 aliphatic carbocycles. The molecule has 5 nitrogen and oxygen atoms in total. The van der Waals surface area contributed by atoms with Crippen LogP contribution in [0.2, 0.25) is 0 Å². The van der Waals surface area contributed by atoms with Gasteiger partial charge in [0, 0.05) is 12.6 Å². The van der Waals surface area contributed by atoms with Gasteiger partial charge in [0.05, 0.1) is 5.69 Å². The van der Waals surface area contributed by atoms with Gasteiger partial charge in [0.2, 0.25) is 5.76 Å². The second kappa shape index (κ2) is 5.12. The molecule has 2 heterocycles. The van der Waals surface area contributed by atoms with Gasteiger partial charge in [-0.3, -0.25) is 4.79 Å². The smallest absolute Gasteiger partial charge is 0.289 e. The van der Waals surface area contributed by atoms with Gasteiger partial charge in [-0.2, -0.15) is 0 Å². The van der Waals surface area contributed by atoms with Crippen LogP contribution in [0.5, 0.6) is 0 Å². The number of aryl methyl sites for hydroxylation is 1. The lowest BCUT2D eigenvalue weighted by molar-refractivity contribution is 0.0907. The minimum atomic E-state index is -0.167. The van der Waals surface area contributed by atoms with Crippen molar-refractivity contribution in [2.75, 3.05) is 19.6 Å². The minimum Gasteiger partial charge on any atom is -0.351 e. The average Bonchev–Trinajstić information content (AvgIpc) is 2.74.